The van der Waals surface area contributed by atoms with Crippen LogP contribution >= 0.6 is 0 Å². The Balaban J connectivity index is 1.40. The SMILES string of the molecule is CC1CC(C)CN(C(=O)Cn2c(=O)n(Cc3ccc(C(=O)NCc4ccco4)cc3)c(=O)c3ccccc32)C1. The van der Waals surface area contributed by atoms with Gasteiger partial charge in [-0.1, -0.05) is 38.1 Å². The molecule has 9 heteroatoms. The minimum atomic E-state index is -0.537. The fraction of sp³-hybridized carbons (Fsp3) is 0.333. The van der Waals surface area contributed by atoms with Gasteiger partial charge in [0, 0.05) is 18.7 Å². The summed E-state index contributed by atoms with van der Waals surface area (Å²) in [5.41, 5.74) is 0.622. The van der Waals surface area contributed by atoms with E-state index >= 15 is 0 Å². The van der Waals surface area contributed by atoms with Crippen molar-refractivity contribution in [2.24, 2.45) is 11.8 Å². The highest BCUT2D eigenvalue weighted by Crippen LogP contribution is 2.21. The Hall–Kier alpha value is -4.40. The Morgan fingerprint density at radius 1 is 0.923 bits per heavy atom. The van der Waals surface area contributed by atoms with Crippen LogP contribution < -0.4 is 16.6 Å². The zero-order valence-electron chi connectivity index (χ0n) is 22.1. The molecule has 0 bridgehead atoms. The molecule has 0 spiro atoms. The van der Waals surface area contributed by atoms with Crippen molar-refractivity contribution >= 4 is 22.7 Å². The predicted molar refractivity (Wildman–Crippen MR) is 147 cm³/mol. The number of fused-ring (bicyclic) bond motifs is 1. The van der Waals surface area contributed by atoms with E-state index in [4.69, 9.17) is 4.42 Å². The number of hydrogen-bond donors (Lipinski definition) is 1. The number of nitrogens with one attached hydrogen (secondary N) is 1. The minimum absolute atomic E-state index is 0.0166. The van der Waals surface area contributed by atoms with Crippen LogP contribution in [-0.4, -0.2) is 38.9 Å². The zero-order valence-corrected chi connectivity index (χ0v) is 22.1. The first-order chi connectivity index (χ1) is 18.8. The Morgan fingerprint density at radius 2 is 1.64 bits per heavy atom. The van der Waals surface area contributed by atoms with Gasteiger partial charge >= 0.3 is 5.69 Å². The number of furan rings is 1. The molecule has 39 heavy (non-hydrogen) atoms. The molecule has 1 aliphatic rings. The van der Waals surface area contributed by atoms with Crippen molar-refractivity contribution in [1.82, 2.24) is 19.4 Å². The number of aromatic nitrogens is 2. The van der Waals surface area contributed by atoms with Crippen LogP contribution in [0.15, 0.2) is 80.9 Å². The van der Waals surface area contributed by atoms with Crippen molar-refractivity contribution in [2.75, 3.05) is 13.1 Å². The molecule has 1 fully saturated rings. The lowest BCUT2D eigenvalue weighted by Gasteiger charge is -2.35. The van der Waals surface area contributed by atoms with Gasteiger partial charge in [-0.2, -0.15) is 0 Å². The number of benzene rings is 2. The molecule has 2 aromatic carbocycles. The first-order valence-electron chi connectivity index (χ1n) is 13.2. The third-order valence-electron chi connectivity index (χ3n) is 7.21. The second kappa shape index (κ2) is 11.1. The molecule has 9 nitrogen and oxygen atoms in total. The summed E-state index contributed by atoms with van der Waals surface area (Å²) in [7, 11) is 0. The molecule has 2 amide bonds. The Labute approximate surface area is 225 Å². The monoisotopic (exact) mass is 528 g/mol. The van der Waals surface area contributed by atoms with Gasteiger partial charge in [0.2, 0.25) is 5.91 Å². The Morgan fingerprint density at radius 3 is 2.33 bits per heavy atom. The topological polar surface area (TPSA) is 107 Å². The number of piperidine rings is 1. The molecule has 0 aliphatic carbocycles. The van der Waals surface area contributed by atoms with Crippen LogP contribution in [0.5, 0.6) is 0 Å². The quantitative estimate of drug-likeness (QED) is 0.396. The van der Waals surface area contributed by atoms with E-state index in [9.17, 15) is 19.2 Å². The average molecular weight is 529 g/mol. The van der Waals surface area contributed by atoms with E-state index in [-0.39, 0.29) is 31.4 Å². The smallest absolute Gasteiger partial charge is 0.332 e. The standard InChI is InChI=1S/C30H32N4O5/c1-20-14-21(2)17-32(16-20)27(35)19-33-26-8-4-3-7-25(26)29(37)34(30(33)38)18-22-9-11-23(12-10-22)28(36)31-15-24-6-5-13-39-24/h3-13,20-21H,14-19H2,1-2H3,(H,31,36). The molecule has 4 aromatic rings. The zero-order chi connectivity index (χ0) is 27.5. The number of nitrogens with zero attached hydrogens (tertiary/aromatic N) is 3. The number of carbonyl (C=O) groups is 2. The third-order valence-corrected chi connectivity index (χ3v) is 7.21. The van der Waals surface area contributed by atoms with E-state index in [0.717, 1.165) is 11.0 Å². The highest BCUT2D eigenvalue weighted by molar-refractivity contribution is 5.94. The van der Waals surface area contributed by atoms with E-state index in [1.54, 1.807) is 66.9 Å². The predicted octanol–water partition coefficient (Wildman–Crippen LogP) is 3.24. The summed E-state index contributed by atoms with van der Waals surface area (Å²) in [6.45, 7) is 5.75. The molecule has 0 saturated carbocycles. The van der Waals surface area contributed by atoms with Gasteiger partial charge in [-0.05, 0) is 60.2 Å². The molecule has 1 saturated heterocycles. The van der Waals surface area contributed by atoms with Gasteiger partial charge in [0.1, 0.15) is 12.3 Å². The number of likely N-dealkylation sites (tertiary alicyclic amines) is 1. The summed E-state index contributed by atoms with van der Waals surface area (Å²) in [4.78, 5) is 54.5. The maximum atomic E-state index is 13.6. The van der Waals surface area contributed by atoms with Gasteiger partial charge < -0.3 is 14.6 Å². The molecule has 0 radical (unpaired) electrons. The van der Waals surface area contributed by atoms with Crippen molar-refractivity contribution in [3.8, 4) is 0 Å². The van der Waals surface area contributed by atoms with Gasteiger partial charge in [-0.15, -0.1) is 0 Å². The highest BCUT2D eigenvalue weighted by atomic mass is 16.3. The van der Waals surface area contributed by atoms with Gasteiger partial charge in [-0.25, -0.2) is 4.79 Å². The summed E-state index contributed by atoms with van der Waals surface area (Å²) < 4.78 is 7.79. The fourth-order valence-electron chi connectivity index (χ4n) is 5.39. The normalized spacial score (nSPS) is 17.3. The molecule has 2 unspecified atom stereocenters. The number of carbonyl (C=O) groups excluding carboxylic acids is 2. The second-order valence-corrected chi connectivity index (χ2v) is 10.5. The molecule has 3 heterocycles. The molecular formula is C30H32N4O5. The van der Waals surface area contributed by atoms with Crippen molar-refractivity contribution in [1.29, 1.82) is 0 Å². The summed E-state index contributed by atoms with van der Waals surface area (Å²) in [5, 5.41) is 3.16. The van der Waals surface area contributed by atoms with Crippen LogP contribution in [0.3, 0.4) is 0 Å². The van der Waals surface area contributed by atoms with E-state index in [2.05, 4.69) is 19.2 Å². The first kappa shape index (κ1) is 26.2. The maximum absolute atomic E-state index is 13.6. The molecular weight excluding hydrogens is 496 g/mol. The lowest BCUT2D eigenvalue weighted by Crippen LogP contribution is -2.47. The van der Waals surface area contributed by atoms with E-state index < -0.39 is 11.2 Å². The van der Waals surface area contributed by atoms with Crippen LogP contribution in [0.25, 0.3) is 10.9 Å². The average Bonchev–Trinajstić information content (AvgIpc) is 3.45. The van der Waals surface area contributed by atoms with E-state index in [0.29, 0.717) is 52.7 Å². The summed E-state index contributed by atoms with van der Waals surface area (Å²) in [6.07, 6.45) is 2.62. The van der Waals surface area contributed by atoms with Gasteiger partial charge in [0.15, 0.2) is 0 Å². The van der Waals surface area contributed by atoms with E-state index in [1.807, 2.05) is 4.90 Å². The number of amides is 2. The molecule has 2 aromatic heterocycles. The van der Waals surface area contributed by atoms with Crippen LogP contribution in [0.2, 0.25) is 0 Å². The second-order valence-electron chi connectivity index (χ2n) is 10.5. The van der Waals surface area contributed by atoms with Crippen molar-refractivity contribution in [2.45, 2.75) is 39.9 Å². The highest BCUT2D eigenvalue weighted by Gasteiger charge is 2.26. The largest absolute Gasteiger partial charge is 0.467 e. The van der Waals surface area contributed by atoms with Crippen LogP contribution in [-0.2, 0) is 24.4 Å². The number of rotatable bonds is 7. The van der Waals surface area contributed by atoms with Gasteiger partial charge in [-0.3, -0.25) is 23.5 Å². The molecule has 202 valence electrons. The minimum Gasteiger partial charge on any atom is -0.467 e. The maximum Gasteiger partial charge on any atom is 0.332 e. The lowest BCUT2D eigenvalue weighted by atomic mass is 9.92. The number of hydrogen-bond acceptors (Lipinski definition) is 5. The summed E-state index contributed by atoms with van der Waals surface area (Å²) in [5.74, 6) is 1.05. The lowest BCUT2D eigenvalue weighted by molar-refractivity contribution is -0.134. The van der Waals surface area contributed by atoms with Crippen LogP contribution in [0.1, 0.15) is 41.9 Å². The molecule has 5 rings (SSSR count). The molecule has 1 N–H and O–H groups in total. The van der Waals surface area contributed by atoms with Gasteiger partial charge in [0.05, 0.1) is 30.3 Å². The Kier molecular flexibility index (Phi) is 7.49. The first-order valence-corrected chi connectivity index (χ1v) is 13.2. The summed E-state index contributed by atoms with van der Waals surface area (Å²) >= 11 is 0. The van der Waals surface area contributed by atoms with Crippen molar-refractivity contribution < 1.29 is 14.0 Å². The fourth-order valence-corrected chi connectivity index (χ4v) is 5.39. The van der Waals surface area contributed by atoms with Crippen molar-refractivity contribution in [3.05, 3.63) is 105 Å². The van der Waals surface area contributed by atoms with E-state index in [1.165, 1.54) is 4.57 Å². The third kappa shape index (κ3) is 5.72. The van der Waals surface area contributed by atoms with Gasteiger partial charge in [0.25, 0.3) is 11.5 Å². The van der Waals surface area contributed by atoms with Crippen LogP contribution in [0, 0.1) is 11.8 Å². The van der Waals surface area contributed by atoms with Crippen molar-refractivity contribution in [3.63, 3.8) is 0 Å². The number of para-hydroxylation sites is 1. The Bertz CT molecular complexity index is 1590. The molecule has 2 atom stereocenters. The molecule has 1 aliphatic heterocycles. The van der Waals surface area contributed by atoms with Crippen LogP contribution in [0.4, 0.5) is 0 Å². The summed E-state index contributed by atoms with van der Waals surface area (Å²) in [6, 6.07) is 17.1.